The lowest BCUT2D eigenvalue weighted by Gasteiger charge is -2.32. The van der Waals surface area contributed by atoms with E-state index < -0.39 is 5.97 Å². The first-order valence-corrected chi connectivity index (χ1v) is 4.52. The van der Waals surface area contributed by atoms with E-state index in [4.69, 9.17) is 5.11 Å². The maximum atomic E-state index is 11.3. The third-order valence-electron chi connectivity index (χ3n) is 2.18. The summed E-state index contributed by atoms with van der Waals surface area (Å²) in [4.78, 5) is 25.3. The number of urea groups is 1. The summed E-state index contributed by atoms with van der Waals surface area (Å²) in [6, 6.07) is -0.291. The number of nitrogens with zero attached hydrogens (tertiary/aromatic N) is 2. The van der Waals surface area contributed by atoms with E-state index in [2.05, 4.69) is 10.2 Å². The third-order valence-corrected chi connectivity index (χ3v) is 2.18. The lowest BCUT2D eigenvalue weighted by Crippen LogP contribution is -2.51. The predicted molar refractivity (Wildman–Crippen MR) is 50.1 cm³/mol. The first-order valence-electron chi connectivity index (χ1n) is 4.52. The minimum Gasteiger partial charge on any atom is -0.480 e. The van der Waals surface area contributed by atoms with Crippen LogP contribution in [-0.4, -0.2) is 66.7 Å². The number of hydrogen-bond donors (Lipinski definition) is 2. The molecule has 1 rings (SSSR count). The largest absolute Gasteiger partial charge is 0.480 e. The SMILES string of the molecule is CN1CCN(C(=O)NCC(=O)O)CC1. The maximum absolute atomic E-state index is 11.3. The predicted octanol–water partition coefficient (Wildman–Crippen LogP) is -0.972. The molecule has 6 heteroatoms. The Bertz CT molecular complexity index is 224. The van der Waals surface area contributed by atoms with Crippen molar-refractivity contribution in [3.8, 4) is 0 Å². The summed E-state index contributed by atoms with van der Waals surface area (Å²) in [5, 5.41) is 10.7. The lowest BCUT2D eigenvalue weighted by molar-refractivity contribution is -0.135. The first kappa shape index (κ1) is 10.8. The van der Waals surface area contributed by atoms with E-state index in [1.807, 2.05) is 7.05 Å². The van der Waals surface area contributed by atoms with Crippen LogP contribution in [0.4, 0.5) is 4.79 Å². The summed E-state index contributed by atoms with van der Waals surface area (Å²) in [5.74, 6) is -1.02. The lowest BCUT2D eigenvalue weighted by atomic mass is 10.3. The Kier molecular flexibility index (Phi) is 3.70. The molecule has 1 aliphatic heterocycles. The van der Waals surface area contributed by atoms with E-state index in [1.165, 1.54) is 0 Å². The van der Waals surface area contributed by atoms with Crippen molar-refractivity contribution >= 4 is 12.0 Å². The van der Waals surface area contributed by atoms with Crippen molar-refractivity contribution in [3.63, 3.8) is 0 Å². The highest BCUT2D eigenvalue weighted by atomic mass is 16.4. The minimum absolute atomic E-state index is 0.291. The summed E-state index contributed by atoms with van der Waals surface area (Å²) in [6.07, 6.45) is 0. The van der Waals surface area contributed by atoms with Crippen molar-refractivity contribution in [2.75, 3.05) is 39.8 Å². The van der Waals surface area contributed by atoms with Crippen molar-refractivity contribution in [1.29, 1.82) is 0 Å². The minimum atomic E-state index is -1.02. The Hall–Kier alpha value is -1.30. The van der Waals surface area contributed by atoms with Gasteiger partial charge >= 0.3 is 12.0 Å². The molecule has 0 atom stereocenters. The zero-order chi connectivity index (χ0) is 10.6. The van der Waals surface area contributed by atoms with Gasteiger partial charge in [-0.15, -0.1) is 0 Å². The highest BCUT2D eigenvalue weighted by Crippen LogP contribution is 1.98. The number of aliphatic carboxylic acids is 1. The van der Waals surface area contributed by atoms with Crippen LogP contribution >= 0.6 is 0 Å². The van der Waals surface area contributed by atoms with Gasteiger partial charge in [-0.3, -0.25) is 4.79 Å². The van der Waals surface area contributed by atoms with Crippen LogP contribution in [0.3, 0.4) is 0 Å². The molecule has 1 aliphatic rings. The molecular weight excluding hydrogens is 186 g/mol. The van der Waals surface area contributed by atoms with Gasteiger partial charge in [0.2, 0.25) is 0 Å². The van der Waals surface area contributed by atoms with E-state index in [1.54, 1.807) is 4.90 Å². The molecule has 1 fully saturated rings. The van der Waals surface area contributed by atoms with Crippen LogP contribution in [0.1, 0.15) is 0 Å². The van der Waals surface area contributed by atoms with Gasteiger partial charge in [-0.25, -0.2) is 4.79 Å². The Morgan fingerprint density at radius 1 is 1.29 bits per heavy atom. The molecule has 2 amide bonds. The molecule has 0 aromatic heterocycles. The van der Waals surface area contributed by atoms with E-state index in [9.17, 15) is 9.59 Å². The van der Waals surface area contributed by atoms with Gasteiger partial charge in [0.25, 0.3) is 0 Å². The standard InChI is InChI=1S/C8H15N3O3/c1-10-2-4-11(5-3-10)8(14)9-6-7(12)13/h2-6H2,1H3,(H,9,14)(H,12,13). The number of carboxylic acids is 1. The van der Waals surface area contributed by atoms with E-state index in [-0.39, 0.29) is 12.6 Å². The van der Waals surface area contributed by atoms with Gasteiger partial charge in [-0.1, -0.05) is 0 Å². The monoisotopic (exact) mass is 201 g/mol. The van der Waals surface area contributed by atoms with Crippen LogP contribution in [0.15, 0.2) is 0 Å². The molecule has 0 radical (unpaired) electrons. The second-order valence-corrected chi connectivity index (χ2v) is 3.34. The molecule has 0 saturated carbocycles. The Morgan fingerprint density at radius 3 is 2.36 bits per heavy atom. The van der Waals surface area contributed by atoms with Gasteiger partial charge in [0.05, 0.1) is 0 Å². The number of nitrogens with one attached hydrogen (secondary N) is 1. The Morgan fingerprint density at radius 2 is 1.86 bits per heavy atom. The van der Waals surface area contributed by atoms with Gasteiger partial charge in [0, 0.05) is 26.2 Å². The number of carboxylic acid groups (broad SMARTS) is 1. The highest BCUT2D eigenvalue weighted by Gasteiger charge is 2.18. The second-order valence-electron chi connectivity index (χ2n) is 3.34. The quantitative estimate of drug-likeness (QED) is 0.603. The van der Waals surface area contributed by atoms with Crippen molar-refractivity contribution in [2.24, 2.45) is 0 Å². The van der Waals surface area contributed by atoms with Crippen LogP contribution in [0.5, 0.6) is 0 Å². The number of rotatable bonds is 2. The summed E-state index contributed by atoms with van der Waals surface area (Å²) in [5.41, 5.74) is 0. The fraction of sp³-hybridized carbons (Fsp3) is 0.750. The molecule has 0 unspecified atom stereocenters. The molecule has 0 bridgehead atoms. The van der Waals surface area contributed by atoms with Gasteiger partial charge in [0.15, 0.2) is 0 Å². The van der Waals surface area contributed by atoms with Gasteiger partial charge < -0.3 is 20.2 Å². The van der Waals surface area contributed by atoms with Crippen LogP contribution < -0.4 is 5.32 Å². The number of carbonyl (C=O) groups is 2. The molecule has 0 aliphatic carbocycles. The summed E-state index contributed by atoms with van der Waals surface area (Å²) < 4.78 is 0. The fourth-order valence-corrected chi connectivity index (χ4v) is 1.27. The zero-order valence-corrected chi connectivity index (χ0v) is 8.19. The van der Waals surface area contributed by atoms with Crippen molar-refractivity contribution in [3.05, 3.63) is 0 Å². The molecular formula is C8H15N3O3. The number of carbonyl (C=O) groups excluding carboxylic acids is 1. The van der Waals surface area contributed by atoms with Crippen LogP contribution in [0.2, 0.25) is 0 Å². The van der Waals surface area contributed by atoms with Crippen LogP contribution in [0, 0.1) is 0 Å². The maximum Gasteiger partial charge on any atom is 0.323 e. The third kappa shape index (κ3) is 3.21. The Balaban J connectivity index is 2.27. The van der Waals surface area contributed by atoms with Gasteiger partial charge in [0.1, 0.15) is 6.54 Å². The average molecular weight is 201 g/mol. The number of likely N-dealkylation sites (N-methyl/N-ethyl adjacent to an activating group) is 1. The van der Waals surface area contributed by atoms with Crippen LogP contribution in [-0.2, 0) is 4.79 Å². The molecule has 0 aromatic rings. The molecule has 14 heavy (non-hydrogen) atoms. The molecule has 2 N–H and O–H groups in total. The fourth-order valence-electron chi connectivity index (χ4n) is 1.27. The average Bonchev–Trinajstić information content (AvgIpc) is 2.15. The molecule has 0 spiro atoms. The summed E-state index contributed by atoms with van der Waals surface area (Å²) >= 11 is 0. The Labute approximate surface area is 82.5 Å². The molecule has 1 saturated heterocycles. The molecule has 1 heterocycles. The molecule has 6 nitrogen and oxygen atoms in total. The highest BCUT2D eigenvalue weighted by molar-refractivity contribution is 5.79. The van der Waals surface area contributed by atoms with Crippen molar-refractivity contribution in [2.45, 2.75) is 0 Å². The van der Waals surface area contributed by atoms with Crippen molar-refractivity contribution in [1.82, 2.24) is 15.1 Å². The van der Waals surface area contributed by atoms with Crippen LogP contribution in [0.25, 0.3) is 0 Å². The topological polar surface area (TPSA) is 72.9 Å². The number of piperazine rings is 1. The first-order chi connectivity index (χ1) is 6.59. The number of amides is 2. The van der Waals surface area contributed by atoms with Gasteiger partial charge in [-0.05, 0) is 7.05 Å². The van der Waals surface area contributed by atoms with E-state index >= 15 is 0 Å². The normalized spacial score (nSPS) is 17.9. The summed E-state index contributed by atoms with van der Waals surface area (Å²) in [7, 11) is 1.99. The number of hydrogen-bond acceptors (Lipinski definition) is 3. The van der Waals surface area contributed by atoms with E-state index in [0.29, 0.717) is 13.1 Å². The molecule has 0 aromatic carbocycles. The zero-order valence-electron chi connectivity index (χ0n) is 8.19. The van der Waals surface area contributed by atoms with Gasteiger partial charge in [-0.2, -0.15) is 0 Å². The van der Waals surface area contributed by atoms with Crippen molar-refractivity contribution < 1.29 is 14.7 Å². The smallest absolute Gasteiger partial charge is 0.323 e. The summed E-state index contributed by atoms with van der Waals surface area (Å²) in [6.45, 7) is 2.66. The second kappa shape index (κ2) is 4.80. The molecule has 80 valence electrons. The van der Waals surface area contributed by atoms with E-state index in [0.717, 1.165) is 13.1 Å².